The first kappa shape index (κ1) is 29.9. The zero-order chi connectivity index (χ0) is 28.4. The van der Waals surface area contributed by atoms with Crippen molar-refractivity contribution in [3.63, 3.8) is 0 Å². The van der Waals surface area contributed by atoms with E-state index in [1.807, 2.05) is 19.9 Å². The predicted molar refractivity (Wildman–Crippen MR) is 155 cm³/mol. The van der Waals surface area contributed by atoms with Gasteiger partial charge in [-0.15, -0.1) is 0 Å². The van der Waals surface area contributed by atoms with Crippen LogP contribution in [0.5, 0.6) is 23.0 Å². The fourth-order valence-corrected chi connectivity index (χ4v) is 4.36. The van der Waals surface area contributed by atoms with Crippen LogP contribution in [0.4, 0.5) is 0 Å². The van der Waals surface area contributed by atoms with E-state index in [0.717, 1.165) is 29.9 Å². The lowest BCUT2D eigenvalue weighted by Gasteiger charge is -2.24. The highest BCUT2D eigenvalue weighted by atomic mass is 16.5. The van der Waals surface area contributed by atoms with Gasteiger partial charge in [-0.25, -0.2) is 4.79 Å². The molecule has 3 aromatic rings. The molecule has 0 amide bonds. The van der Waals surface area contributed by atoms with Crippen molar-refractivity contribution in [3.05, 3.63) is 83.4 Å². The molecule has 0 heterocycles. The van der Waals surface area contributed by atoms with Crippen LogP contribution in [0.1, 0.15) is 77.0 Å². The molecule has 210 valence electrons. The second-order valence-electron chi connectivity index (χ2n) is 10.2. The number of hydrogen-bond donors (Lipinski definition) is 1. The van der Waals surface area contributed by atoms with Gasteiger partial charge in [0.1, 0.15) is 23.0 Å². The number of carbonyl (C=O) groups is 1. The molecular weight excluding hydrogens is 492 g/mol. The first-order valence-electron chi connectivity index (χ1n) is 13.8. The van der Waals surface area contributed by atoms with Crippen LogP contribution in [0.15, 0.2) is 66.7 Å². The van der Waals surface area contributed by atoms with E-state index in [1.165, 1.54) is 25.0 Å². The van der Waals surface area contributed by atoms with Crippen LogP contribution >= 0.6 is 0 Å². The van der Waals surface area contributed by atoms with Crippen LogP contribution in [0.2, 0.25) is 0 Å². The van der Waals surface area contributed by atoms with E-state index < -0.39 is 11.6 Å². The summed E-state index contributed by atoms with van der Waals surface area (Å²) in [6.45, 7) is 12.6. The zero-order valence-corrected chi connectivity index (χ0v) is 24.0. The van der Waals surface area contributed by atoms with Crippen molar-refractivity contribution >= 4 is 5.97 Å². The second-order valence-corrected chi connectivity index (χ2v) is 10.2. The van der Waals surface area contributed by atoms with E-state index in [1.54, 1.807) is 24.3 Å². The lowest BCUT2D eigenvalue weighted by molar-refractivity contribution is -0.152. The van der Waals surface area contributed by atoms with Crippen LogP contribution in [-0.4, -0.2) is 36.0 Å². The summed E-state index contributed by atoms with van der Waals surface area (Å²) in [4.78, 5) is 11.3. The van der Waals surface area contributed by atoms with Crippen molar-refractivity contribution in [2.75, 3.05) is 13.2 Å². The number of rotatable bonds is 15. The number of ether oxygens (including phenoxy) is 4. The number of aliphatic carboxylic acids is 1. The Hall–Kier alpha value is -3.67. The summed E-state index contributed by atoms with van der Waals surface area (Å²) in [7, 11) is 0. The van der Waals surface area contributed by atoms with Crippen molar-refractivity contribution in [1.29, 1.82) is 0 Å². The molecule has 6 heteroatoms. The van der Waals surface area contributed by atoms with Crippen molar-refractivity contribution < 1.29 is 28.8 Å². The molecule has 0 fully saturated rings. The standard InChI is InChI=1S/C33H42O6/c1-7-12-29-30(20-19-28(31(29)36-8-2)24(4)25-13-10-9-11-14-25)38-23(3)21-22-37-26-15-17-27(18-16-26)39-33(5,6)32(34)35/h9-11,13-20,23-24H,7-8,12,21-22H2,1-6H3,(H,34,35). The highest BCUT2D eigenvalue weighted by molar-refractivity contribution is 5.76. The van der Waals surface area contributed by atoms with E-state index in [2.05, 4.69) is 50.2 Å². The third-order valence-corrected chi connectivity index (χ3v) is 6.64. The molecule has 0 aliphatic carbocycles. The maximum Gasteiger partial charge on any atom is 0.347 e. The Kier molecular flexibility index (Phi) is 10.7. The van der Waals surface area contributed by atoms with Gasteiger partial charge in [-0.1, -0.05) is 56.7 Å². The van der Waals surface area contributed by atoms with E-state index in [-0.39, 0.29) is 12.0 Å². The van der Waals surface area contributed by atoms with Gasteiger partial charge in [0.05, 0.1) is 19.3 Å². The molecule has 1 N–H and O–H groups in total. The molecule has 39 heavy (non-hydrogen) atoms. The monoisotopic (exact) mass is 534 g/mol. The molecule has 3 aromatic carbocycles. The smallest absolute Gasteiger partial charge is 0.347 e. The second kappa shape index (κ2) is 13.9. The van der Waals surface area contributed by atoms with Crippen LogP contribution in [-0.2, 0) is 11.2 Å². The number of carboxylic acids is 1. The SMILES string of the molecule is CCCc1c(OC(C)CCOc2ccc(OC(C)(C)C(=O)O)cc2)ccc(C(C)c2ccccc2)c1OCC. The van der Waals surface area contributed by atoms with Gasteiger partial charge in [0.2, 0.25) is 0 Å². The lowest BCUT2D eigenvalue weighted by atomic mass is 9.90. The maximum absolute atomic E-state index is 11.3. The summed E-state index contributed by atoms with van der Waals surface area (Å²) < 4.78 is 24.1. The molecule has 0 bridgehead atoms. The number of benzene rings is 3. The Morgan fingerprint density at radius 2 is 1.56 bits per heavy atom. The Morgan fingerprint density at radius 3 is 2.18 bits per heavy atom. The molecule has 2 unspecified atom stereocenters. The Balaban J connectivity index is 1.66. The topological polar surface area (TPSA) is 74.2 Å². The molecule has 3 rings (SSSR count). The molecule has 0 radical (unpaired) electrons. The van der Waals surface area contributed by atoms with Gasteiger partial charge >= 0.3 is 5.97 Å². The summed E-state index contributed by atoms with van der Waals surface area (Å²) in [6.07, 6.45) is 2.49. The molecule has 0 spiro atoms. The molecule has 0 aliphatic heterocycles. The minimum Gasteiger partial charge on any atom is -0.493 e. The highest BCUT2D eigenvalue weighted by Gasteiger charge is 2.29. The number of hydrogen-bond acceptors (Lipinski definition) is 5. The van der Waals surface area contributed by atoms with E-state index in [0.29, 0.717) is 31.1 Å². The zero-order valence-electron chi connectivity index (χ0n) is 24.0. The summed E-state index contributed by atoms with van der Waals surface area (Å²) in [6, 6.07) is 21.7. The quantitative estimate of drug-likeness (QED) is 0.216. The third kappa shape index (κ3) is 8.16. The minimum atomic E-state index is -1.30. The average molecular weight is 535 g/mol. The van der Waals surface area contributed by atoms with Gasteiger partial charge in [0, 0.05) is 23.5 Å². The molecule has 0 aliphatic rings. The third-order valence-electron chi connectivity index (χ3n) is 6.64. The molecule has 0 saturated carbocycles. The number of carboxylic acid groups (broad SMARTS) is 1. The summed E-state index contributed by atoms with van der Waals surface area (Å²) in [5.41, 5.74) is 2.25. The van der Waals surface area contributed by atoms with Gasteiger partial charge in [0.15, 0.2) is 5.60 Å². The van der Waals surface area contributed by atoms with E-state index >= 15 is 0 Å². The fourth-order valence-electron chi connectivity index (χ4n) is 4.36. The van der Waals surface area contributed by atoms with Crippen LogP contribution < -0.4 is 18.9 Å². The Morgan fingerprint density at radius 1 is 0.897 bits per heavy atom. The lowest BCUT2D eigenvalue weighted by Crippen LogP contribution is -2.37. The maximum atomic E-state index is 11.3. The summed E-state index contributed by atoms with van der Waals surface area (Å²) in [5, 5.41) is 9.24. The summed E-state index contributed by atoms with van der Waals surface area (Å²) in [5.74, 6) is 2.14. The predicted octanol–water partition coefficient (Wildman–Crippen LogP) is 7.67. The molecule has 0 saturated heterocycles. The minimum absolute atomic E-state index is 0.0635. The van der Waals surface area contributed by atoms with Gasteiger partial charge < -0.3 is 24.1 Å². The fraction of sp³-hybridized carbons (Fsp3) is 0.424. The normalized spacial score (nSPS) is 12.9. The highest BCUT2D eigenvalue weighted by Crippen LogP contribution is 2.40. The van der Waals surface area contributed by atoms with Gasteiger partial charge in [-0.2, -0.15) is 0 Å². The van der Waals surface area contributed by atoms with Crippen molar-refractivity contribution in [3.8, 4) is 23.0 Å². The van der Waals surface area contributed by atoms with Crippen molar-refractivity contribution in [2.24, 2.45) is 0 Å². The Bertz CT molecular complexity index is 1190. The first-order chi connectivity index (χ1) is 18.7. The van der Waals surface area contributed by atoms with Crippen LogP contribution in [0, 0.1) is 0 Å². The summed E-state index contributed by atoms with van der Waals surface area (Å²) >= 11 is 0. The van der Waals surface area contributed by atoms with E-state index in [4.69, 9.17) is 18.9 Å². The van der Waals surface area contributed by atoms with Gasteiger partial charge in [0.25, 0.3) is 0 Å². The van der Waals surface area contributed by atoms with Crippen LogP contribution in [0.3, 0.4) is 0 Å². The van der Waals surface area contributed by atoms with Gasteiger partial charge in [-0.05, 0) is 70.0 Å². The molecule has 6 nitrogen and oxygen atoms in total. The molecular formula is C33H42O6. The molecule has 0 aromatic heterocycles. The van der Waals surface area contributed by atoms with E-state index in [9.17, 15) is 9.90 Å². The van der Waals surface area contributed by atoms with Gasteiger partial charge in [-0.3, -0.25) is 0 Å². The van der Waals surface area contributed by atoms with Crippen molar-refractivity contribution in [1.82, 2.24) is 0 Å². The Labute approximate surface area is 232 Å². The average Bonchev–Trinajstić information content (AvgIpc) is 2.91. The van der Waals surface area contributed by atoms with Crippen molar-refractivity contribution in [2.45, 2.75) is 78.4 Å². The largest absolute Gasteiger partial charge is 0.493 e. The van der Waals surface area contributed by atoms with Crippen LogP contribution in [0.25, 0.3) is 0 Å². The molecule has 2 atom stereocenters. The first-order valence-corrected chi connectivity index (χ1v) is 13.8.